The fourth-order valence-electron chi connectivity index (χ4n) is 3.47. The van der Waals surface area contributed by atoms with E-state index in [0.29, 0.717) is 24.1 Å². The third-order valence-electron chi connectivity index (χ3n) is 4.88. The van der Waals surface area contributed by atoms with Crippen LogP contribution in [-0.2, 0) is 11.2 Å². The van der Waals surface area contributed by atoms with Crippen molar-refractivity contribution in [3.05, 3.63) is 16.1 Å². The highest BCUT2D eigenvalue weighted by Crippen LogP contribution is 2.41. The van der Waals surface area contributed by atoms with Crippen molar-refractivity contribution in [1.29, 1.82) is 0 Å². The average molecular weight is 387 g/mol. The van der Waals surface area contributed by atoms with Gasteiger partial charge in [0.25, 0.3) is 5.91 Å². The lowest BCUT2D eigenvalue weighted by Gasteiger charge is -2.18. The lowest BCUT2D eigenvalue weighted by molar-refractivity contribution is -0.121. The van der Waals surface area contributed by atoms with Crippen LogP contribution < -0.4 is 10.6 Å². The topological polar surface area (TPSA) is 74.3 Å². The van der Waals surface area contributed by atoms with Crippen molar-refractivity contribution in [2.24, 2.45) is 11.8 Å². The summed E-state index contributed by atoms with van der Waals surface area (Å²) in [7, 11) is 1.66. The second-order valence-corrected chi connectivity index (χ2v) is 7.77. The molecule has 0 spiro atoms. The standard InChI is InChI=1S/C17H26N4O2S.ClH/c1-3-4-16-19-14(10-24-16)17(23)20-13-8-21(9-15(22)18-2)7-12(13)11-5-6-11;/h10-13H,3-9H2,1-2H3,(H,18,22)(H,20,23);1H/t12-,13+;/m1./s1. The number of hydrogen-bond acceptors (Lipinski definition) is 5. The molecule has 1 aliphatic carbocycles. The maximum Gasteiger partial charge on any atom is 0.271 e. The molecule has 0 aromatic carbocycles. The van der Waals surface area contributed by atoms with Gasteiger partial charge in [0.05, 0.1) is 11.6 Å². The summed E-state index contributed by atoms with van der Waals surface area (Å²) < 4.78 is 0. The molecule has 0 radical (unpaired) electrons. The fraction of sp³-hybridized carbons (Fsp3) is 0.706. The lowest BCUT2D eigenvalue weighted by atomic mass is 9.98. The smallest absolute Gasteiger partial charge is 0.271 e. The molecule has 140 valence electrons. The summed E-state index contributed by atoms with van der Waals surface area (Å²) in [5, 5.41) is 8.72. The first-order chi connectivity index (χ1) is 11.6. The Balaban J connectivity index is 0.00000225. The Bertz CT molecular complexity index is 605. The number of rotatable bonds is 7. The minimum atomic E-state index is -0.0777. The number of aromatic nitrogens is 1. The van der Waals surface area contributed by atoms with Gasteiger partial charge in [0, 0.05) is 31.6 Å². The molecule has 25 heavy (non-hydrogen) atoms. The normalized spacial score (nSPS) is 23.1. The van der Waals surface area contributed by atoms with E-state index in [1.807, 2.05) is 5.38 Å². The summed E-state index contributed by atoms with van der Waals surface area (Å²) in [6.07, 6.45) is 4.44. The molecule has 1 aromatic rings. The summed E-state index contributed by atoms with van der Waals surface area (Å²) in [5.74, 6) is 1.09. The van der Waals surface area contributed by atoms with Gasteiger partial charge < -0.3 is 10.6 Å². The third kappa shape index (κ3) is 5.15. The van der Waals surface area contributed by atoms with Gasteiger partial charge in [-0.25, -0.2) is 4.98 Å². The van der Waals surface area contributed by atoms with E-state index in [0.717, 1.165) is 30.9 Å². The lowest BCUT2D eigenvalue weighted by Crippen LogP contribution is -2.42. The maximum absolute atomic E-state index is 12.5. The molecule has 1 saturated heterocycles. The summed E-state index contributed by atoms with van der Waals surface area (Å²) in [5.41, 5.74) is 0.530. The molecule has 3 rings (SSSR count). The fourth-order valence-corrected chi connectivity index (χ4v) is 4.35. The first kappa shape index (κ1) is 20.1. The van der Waals surface area contributed by atoms with E-state index < -0.39 is 0 Å². The number of nitrogens with one attached hydrogen (secondary N) is 2. The van der Waals surface area contributed by atoms with Crippen molar-refractivity contribution in [2.75, 3.05) is 26.7 Å². The molecule has 0 bridgehead atoms. The average Bonchev–Trinajstić information content (AvgIpc) is 3.17. The van der Waals surface area contributed by atoms with Crippen LogP contribution in [-0.4, -0.2) is 54.4 Å². The number of amides is 2. The van der Waals surface area contributed by atoms with E-state index in [4.69, 9.17) is 0 Å². The second kappa shape index (κ2) is 8.96. The van der Waals surface area contributed by atoms with Gasteiger partial charge in [0.15, 0.2) is 0 Å². The van der Waals surface area contributed by atoms with Crippen molar-refractivity contribution in [3.8, 4) is 0 Å². The number of thiazole rings is 1. The minimum absolute atomic E-state index is 0. The zero-order valence-electron chi connectivity index (χ0n) is 14.8. The molecule has 1 aliphatic heterocycles. The molecule has 2 amide bonds. The predicted octanol–water partition coefficient (Wildman–Crippen LogP) is 1.70. The van der Waals surface area contributed by atoms with Crippen LogP contribution in [0.2, 0.25) is 0 Å². The summed E-state index contributed by atoms with van der Waals surface area (Å²) in [6.45, 7) is 4.15. The van der Waals surface area contributed by atoms with Gasteiger partial charge in [0.1, 0.15) is 5.69 Å². The van der Waals surface area contributed by atoms with Crippen LogP contribution in [0.15, 0.2) is 5.38 Å². The van der Waals surface area contributed by atoms with Gasteiger partial charge in [-0.2, -0.15) is 0 Å². The number of hydrogen-bond donors (Lipinski definition) is 2. The number of nitrogens with zero attached hydrogens (tertiary/aromatic N) is 2. The highest BCUT2D eigenvalue weighted by Gasteiger charge is 2.43. The molecule has 2 N–H and O–H groups in total. The number of carbonyl (C=O) groups is 2. The number of carbonyl (C=O) groups excluding carboxylic acids is 2. The van der Waals surface area contributed by atoms with Gasteiger partial charge in [0.2, 0.25) is 5.91 Å². The first-order valence-corrected chi connectivity index (χ1v) is 9.66. The summed E-state index contributed by atoms with van der Waals surface area (Å²) in [6, 6.07) is 0.117. The molecule has 8 heteroatoms. The van der Waals surface area contributed by atoms with Crippen LogP contribution in [0.25, 0.3) is 0 Å². The van der Waals surface area contributed by atoms with Crippen molar-refractivity contribution < 1.29 is 9.59 Å². The Labute approximate surface area is 159 Å². The molecule has 2 atom stereocenters. The van der Waals surface area contributed by atoms with E-state index in [1.165, 1.54) is 12.8 Å². The van der Waals surface area contributed by atoms with E-state index in [9.17, 15) is 9.59 Å². The Morgan fingerprint density at radius 2 is 2.12 bits per heavy atom. The quantitative estimate of drug-likeness (QED) is 0.748. The second-order valence-electron chi connectivity index (χ2n) is 6.82. The molecule has 2 aliphatic rings. The molecule has 2 fully saturated rings. The monoisotopic (exact) mass is 386 g/mol. The Hall–Kier alpha value is -1.18. The predicted molar refractivity (Wildman–Crippen MR) is 101 cm³/mol. The van der Waals surface area contributed by atoms with Crippen molar-refractivity contribution >= 4 is 35.6 Å². The van der Waals surface area contributed by atoms with Crippen LogP contribution in [0.3, 0.4) is 0 Å². The molecule has 6 nitrogen and oxygen atoms in total. The van der Waals surface area contributed by atoms with Crippen LogP contribution >= 0.6 is 23.7 Å². The van der Waals surface area contributed by atoms with Crippen LogP contribution in [0.1, 0.15) is 41.7 Å². The zero-order valence-corrected chi connectivity index (χ0v) is 16.4. The van der Waals surface area contributed by atoms with Crippen LogP contribution in [0.4, 0.5) is 0 Å². The van der Waals surface area contributed by atoms with Gasteiger partial charge in [-0.3, -0.25) is 14.5 Å². The maximum atomic E-state index is 12.5. The number of aryl methyl sites for hydroxylation is 1. The van der Waals surface area contributed by atoms with Crippen LogP contribution in [0.5, 0.6) is 0 Å². The van der Waals surface area contributed by atoms with E-state index in [2.05, 4.69) is 27.4 Å². The number of halogens is 1. The minimum Gasteiger partial charge on any atom is -0.358 e. The van der Waals surface area contributed by atoms with Crippen LogP contribution in [0, 0.1) is 11.8 Å². The Morgan fingerprint density at radius 3 is 2.76 bits per heavy atom. The molecular formula is C17H27ClN4O2S. The highest BCUT2D eigenvalue weighted by atomic mass is 35.5. The van der Waals surface area contributed by atoms with Crippen molar-refractivity contribution in [3.63, 3.8) is 0 Å². The van der Waals surface area contributed by atoms with Crippen molar-refractivity contribution in [1.82, 2.24) is 20.5 Å². The highest BCUT2D eigenvalue weighted by molar-refractivity contribution is 7.09. The van der Waals surface area contributed by atoms with Crippen molar-refractivity contribution in [2.45, 2.75) is 38.6 Å². The third-order valence-corrected chi connectivity index (χ3v) is 5.79. The molecular weight excluding hydrogens is 360 g/mol. The number of likely N-dealkylation sites (N-methyl/N-ethyl adjacent to an activating group) is 1. The molecule has 1 aromatic heterocycles. The van der Waals surface area contributed by atoms with E-state index in [-0.39, 0.29) is 30.3 Å². The van der Waals surface area contributed by atoms with E-state index in [1.54, 1.807) is 18.4 Å². The number of likely N-dealkylation sites (tertiary alicyclic amines) is 1. The van der Waals surface area contributed by atoms with Gasteiger partial charge in [-0.05, 0) is 37.5 Å². The van der Waals surface area contributed by atoms with E-state index >= 15 is 0 Å². The first-order valence-electron chi connectivity index (χ1n) is 8.79. The SMILES string of the molecule is CCCc1nc(C(=O)N[C@H]2CN(CC(=O)NC)C[C@@H]2C2CC2)cs1.Cl. The largest absolute Gasteiger partial charge is 0.358 e. The molecule has 0 unspecified atom stereocenters. The van der Waals surface area contributed by atoms with Gasteiger partial charge >= 0.3 is 0 Å². The summed E-state index contributed by atoms with van der Waals surface area (Å²) in [4.78, 5) is 30.7. The molecule has 1 saturated carbocycles. The Morgan fingerprint density at radius 1 is 1.36 bits per heavy atom. The zero-order chi connectivity index (χ0) is 17.1. The molecule has 2 heterocycles. The van der Waals surface area contributed by atoms with Gasteiger partial charge in [-0.1, -0.05) is 6.92 Å². The van der Waals surface area contributed by atoms with Gasteiger partial charge in [-0.15, -0.1) is 23.7 Å². The Kier molecular flexibility index (Phi) is 7.22. The summed E-state index contributed by atoms with van der Waals surface area (Å²) >= 11 is 1.56.